The van der Waals surface area contributed by atoms with Crippen LogP contribution >= 0.6 is 12.4 Å². The minimum absolute atomic E-state index is 0. The van der Waals surface area contributed by atoms with Gasteiger partial charge in [-0.25, -0.2) is 12.7 Å². The molecule has 0 aliphatic heterocycles. The summed E-state index contributed by atoms with van der Waals surface area (Å²) >= 11 is 0. The standard InChI is InChI=1S/C13H21N3O4S.ClH/c1-16(2)21(18,19)12-6-4-5-10(7-12)15-13(17)8-11(9-14)20-3;/h4-7,11H,8-9,14H2,1-3H3,(H,15,17);1H. The van der Waals surface area contributed by atoms with Gasteiger partial charge in [0, 0.05) is 33.4 Å². The first-order chi connectivity index (χ1) is 9.81. The van der Waals surface area contributed by atoms with Gasteiger partial charge in [0.15, 0.2) is 0 Å². The van der Waals surface area contributed by atoms with Gasteiger partial charge in [-0.15, -0.1) is 12.4 Å². The van der Waals surface area contributed by atoms with Crippen LogP contribution < -0.4 is 11.1 Å². The van der Waals surface area contributed by atoms with Crippen LogP contribution in [0.15, 0.2) is 29.2 Å². The summed E-state index contributed by atoms with van der Waals surface area (Å²) in [6, 6.07) is 6.08. The van der Waals surface area contributed by atoms with Gasteiger partial charge in [0.2, 0.25) is 15.9 Å². The number of rotatable bonds is 7. The highest BCUT2D eigenvalue weighted by atomic mass is 35.5. The number of hydrogen-bond donors (Lipinski definition) is 2. The molecule has 0 aliphatic carbocycles. The summed E-state index contributed by atoms with van der Waals surface area (Å²) in [5.74, 6) is -0.285. The van der Waals surface area contributed by atoms with Gasteiger partial charge in [0.05, 0.1) is 17.4 Å². The van der Waals surface area contributed by atoms with Crippen molar-refractivity contribution in [2.75, 3.05) is 33.1 Å². The highest BCUT2D eigenvalue weighted by Gasteiger charge is 2.18. The van der Waals surface area contributed by atoms with Gasteiger partial charge < -0.3 is 15.8 Å². The van der Waals surface area contributed by atoms with Crippen LogP contribution in [0.25, 0.3) is 0 Å². The molecule has 1 unspecified atom stereocenters. The number of methoxy groups -OCH3 is 1. The van der Waals surface area contributed by atoms with Gasteiger partial charge in [-0.1, -0.05) is 6.07 Å². The zero-order valence-electron chi connectivity index (χ0n) is 12.8. The summed E-state index contributed by atoms with van der Waals surface area (Å²) < 4.78 is 30.2. The Hall–Kier alpha value is -1.19. The summed E-state index contributed by atoms with van der Waals surface area (Å²) in [6.45, 7) is 0.235. The van der Waals surface area contributed by atoms with E-state index in [1.807, 2.05) is 0 Å². The molecule has 1 amide bonds. The van der Waals surface area contributed by atoms with E-state index in [0.29, 0.717) is 5.69 Å². The fraction of sp³-hybridized carbons (Fsp3) is 0.462. The van der Waals surface area contributed by atoms with Crippen molar-refractivity contribution in [3.05, 3.63) is 24.3 Å². The Balaban J connectivity index is 0.00000441. The molecular weight excluding hydrogens is 330 g/mol. The SMILES string of the molecule is COC(CN)CC(=O)Nc1cccc(S(=O)(=O)N(C)C)c1.Cl. The van der Waals surface area contributed by atoms with Gasteiger partial charge in [-0.2, -0.15) is 0 Å². The molecule has 0 saturated heterocycles. The Morgan fingerprint density at radius 3 is 2.55 bits per heavy atom. The molecule has 0 aliphatic rings. The Bertz CT molecular complexity index is 589. The average Bonchev–Trinajstić information content (AvgIpc) is 2.44. The Labute approximate surface area is 137 Å². The van der Waals surface area contributed by atoms with Crippen molar-refractivity contribution >= 4 is 34.0 Å². The molecule has 1 aromatic rings. The number of carbonyl (C=O) groups excluding carboxylic acids is 1. The molecule has 0 spiro atoms. The smallest absolute Gasteiger partial charge is 0.242 e. The lowest BCUT2D eigenvalue weighted by Crippen LogP contribution is -2.28. The van der Waals surface area contributed by atoms with Gasteiger partial charge in [0.1, 0.15) is 0 Å². The van der Waals surface area contributed by atoms with E-state index in [2.05, 4.69) is 5.32 Å². The molecular formula is C13H22ClN3O4S. The molecule has 0 aromatic heterocycles. The maximum atomic E-state index is 12.0. The lowest BCUT2D eigenvalue weighted by atomic mass is 10.2. The number of benzene rings is 1. The maximum absolute atomic E-state index is 12.0. The van der Waals surface area contributed by atoms with Gasteiger partial charge in [-0.3, -0.25) is 4.79 Å². The zero-order chi connectivity index (χ0) is 16.0. The summed E-state index contributed by atoms with van der Waals surface area (Å²) in [4.78, 5) is 11.9. The Kier molecular flexibility index (Phi) is 8.57. The van der Waals surface area contributed by atoms with Crippen molar-refractivity contribution in [1.82, 2.24) is 4.31 Å². The molecule has 1 aromatic carbocycles. The highest BCUT2D eigenvalue weighted by molar-refractivity contribution is 7.89. The van der Waals surface area contributed by atoms with E-state index < -0.39 is 10.0 Å². The number of carbonyl (C=O) groups is 1. The number of hydrogen-bond acceptors (Lipinski definition) is 5. The Morgan fingerprint density at radius 2 is 2.05 bits per heavy atom. The molecule has 1 rings (SSSR count). The lowest BCUT2D eigenvalue weighted by molar-refractivity contribution is -0.118. The lowest BCUT2D eigenvalue weighted by Gasteiger charge is -2.14. The first-order valence-electron chi connectivity index (χ1n) is 6.36. The average molecular weight is 352 g/mol. The molecule has 0 fully saturated rings. The first-order valence-corrected chi connectivity index (χ1v) is 7.80. The number of nitrogens with two attached hydrogens (primary N) is 1. The van der Waals surface area contributed by atoms with Gasteiger partial charge in [-0.05, 0) is 18.2 Å². The number of nitrogens with zero attached hydrogens (tertiary/aromatic N) is 1. The molecule has 7 nitrogen and oxygen atoms in total. The number of nitrogens with one attached hydrogen (secondary N) is 1. The van der Waals surface area contributed by atoms with E-state index in [0.717, 1.165) is 4.31 Å². The number of anilines is 1. The van der Waals surface area contributed by atoms with E-state index in [9.17, 15) is 13.2 Å². The normalized spacial score (nSPS) is 12.6. The van der Waals surface area contributed by atoms with E-state index >= 15 is 0 Å². The molecule has 0 heterocycles. The van der Waals surface area contributed by atoms with Crippen LogP contribution in [-0.4, -0.2) is 52.5 Å². The summed E-state index contributed by atoms with van der Waals surface area (Å²) in [7, 11) is 0.850. The molecule has 126 valence electrons. The Morgan fingerprint density at radius 1 is 1.41 bits per heavy atom. The number of ether oxygens (including phenoxy) is 1. The molecule has 1 atom stereocenters. The number of amides is 1. The number of halogens is 1. The predicted octanol–water partition coefficient (Wildman–Crippen LogP) is 0.661. The number of sulfonamides is 1. The van der Waals surface area contributed by atoms with Crippen molar-refractivity contribution in [3.8, 4) is 0 Å². The topological polar surface area (TPSA) is 102 Å². The second-order valence-electron chi connectivity index (χ2n) is 4.66. The van der Waals surface area contributed by atoms with Crippen molar-refractivity contribution in [2.45, 2.75) is 17.4 Å². The molecule has 0 radical (unpaired) electrons. The van der Waals surface area contributed by atoms with E-state index in [1.54, 1.807) is 12.1 Å². The summed E-state index contributed by atoms with van der Waals surface area (Å²) in [5.41, 5.74) is 5.86. The minimum Gasteiger partial charge on any atom is -0.380 e. The van der Waals surface area contributed by atoms with Crippen molar-refractivity contribution in [1.29, 1.82) is 0 Å². The van der Waals surface area contributed by atoms with Crippen LogP contribution in [0.1, 0.15) is 6.42 Å². The fourth-order valence-corrected chi connectivity index (χ4v) is 2.57. The zero-order valence-corrected chi connectivity index (χ0v) is 14.4. The molecule has 0 saturated carbocycles. The third-order valence-electron chi connectivity index (χ3n) is 2.91. The molecule has 3 N–H and O–H groups in total. The summed E-state index contributed by atoms with van der Waals surface area (Å²) in [5, 5.41) is 2.63. The molecule has 22 heavy (non-hydrogen) atoms. The van der Waals surface area contributed by atoms with Crippen LogP contribution in [0.4, 0.5) is 5.69 Å². The predicted molar refractivity (Wildman–Crippen MR) is 87.7 cm³/mol. The van der Waals surface area contributed by atoms with E-state index in [1.165, 1.54) is 33.3 Å². The monoisotopic (exact) mass is 351 g/mol. The second kappa shape index (κ2) is 9.06. The van der Waals surface area contributed by atoms with Crippen LogP contribution in [0.2, 0.25) is 0 Å². The molecule has 0 bridgehead atoms. The third-order valence-corrected chi connectivity index (χ3v) is 4.72. The van der Waals surface area contributed by atoms with Crippen LogP contribution in [0.3, 0.4) is 0 Å². The van der Waals surface area contributed by atoms with Crippen LogP contribution in [0, 0.1) is 0 Å². The second-order valence-corrected chi connectivity index (χ2v) is 6.81. The third kappa shape index (κ3) is 5.54. The van der Waals surface area contributed by atoms with Crippen LogP contribution in [0.5, 0.6) is 0 Å². The summed E-state index contributed by atoms with van der Waals surface area (Å²) in [6.07, 6.45) is -0.254. The van der Waals surface area contributed by atoms with Crippen molar-refractivity contribution in [2.24, 2.45) is 5.73 Å². The highest BCUT2D eigenvalue weighted by Crippen LogP contribution is 2.18. The van der Waals surface area contributed by atoms with Crippen molar-refractivity contribution in [3.63, 3.8) is 0 Å². The van der Waals surface area contributed by atoms with Gasteiger partial charge >= 0.3 is 0 Å². The quantitative estimate of drug-likeness (QED) is 0.751. The minimum atomic E-state index is -3.53. The fourth-order valence-electron chi connectivity index (χ4n) is 1.63. The van der Waals surface area contributed by atoms with Crippen LogP contribution in [-0.2, 0) is 19.6 Å². The molecule has 9 heteroatoms. The van der Waals surface area contributed by atoms with E-state index in [-0.39, 0.29) is 42.3 Å². The van der Waals surface area contributed by atoms with Crippen molar-refractivity contribution < 1.29 is 17.9 Å². The van der Waals surface area contributed by atoms with Gasteiger partial charge in [0.25, 0.3) is 0 Å². The van der Waals surface area contributed by atoms with E-state index in [4.69, 9.17) is 10.5 Å². The largest absolute Gasteiger partial charge is 0.380 e. The first kappa shape index (κ1) is 20.8. The maximum Gasteiger partial charge on any atom is 0.242 e.